The second kappa shape index (κ2) is 8.88. The molecule has 1 N–H and O–H groups in total. The molecule has 0 amide bonds. The van der Waals surface area contributed by atoms with E-state index in [0.717, 1.165) is 44.8 Å². The zero-order chi connectivity index (χ0) is 19.4. The van der Waals surface area contributed by atoms with Crippen LogP contribution in [-0.4, -0.2) is 28.5 Å². The standard InChI is InChI=1S/C22H34O3S/c1-4-11-21(3)17(10-13-23)7-6-16-14-18(8-9-19(16)21)22(25,12-5-2)20(24)15-26/h4,10-11,13,16,18-19,25-26H,5-9,12,14-15H2,1-3H3/b11-4-,17-10-/t16?,18?,19?,21?,22-/m1/s1. The van der Waals surface area contributed by atoms with Crippen molar-refractivity contribution < 1.29 is 14.7 Å². The third kappa shape index (κ3) is 3.87. The van der Waals surface area contributed by atoms with Crippen LogP contribution in [0.4, 0.5) is 0 Å². The summed E-state index contributed by atoms with van der Waals surface area (Å²) in [7, 11) is 0. The molecule has 5 atom stereocenters. The van der Waals surface area contributed by atoms with E-state index >= 15 is 0 Å². The minimum Gasteiger partial charge on any atom is -0.382 e. The van der Waals surface area contributed by atoms with Crippen LogP contribution in [0, 0.1) is 23.2 Å². The molecule has 2 aliphatic carbocycles. The number of carbonyl (C=O) groups is 2. The number of allylic oxidation sites excluding steroid dienone is 4. The van der Waals surface area contributed by atoms with Crippen LogP contribution in [-0.2, 0) is 9.59 Å². The number of hydrogen-bond acceptors (Lipinski definition) is 4. The Hall–Kier alpha value is -0.870. The van der Waals surface area contributed by atoms with Crippen LogP contribution in [0.3, 0.4) is 0 Å². The molecule has 2 saturated carbocycles. The number of aldehydes is 1. The Bertz CT molecular complexity index is 582. The number of fused-ring (bicyclic) bond motifs is 1. The summed E-state index contributed by atoms with van der Waals surface area (Å²) in [5, 5.41) is 11.2. The molecule has 0 aromatic heterocycles. The van der Waals surface area contributed by atoms with Gasteiger partial charge in [0, 0.05) is 5.41 Å². The molecule has 146 valence electrons. The van der Waals surface area contributed by atoms with Crippen molar-refractivity contribution in [3.63, 3.8) is 0 Å². The predicted molar refractivity (Wildman–Crippen MR) is 109 cm³/mol. The van der Waals surface area contributed by atoms with Crippen molar-refractivity contribution in [2.24, 2.45) is 23.2 Å². The topological polar surface area (TPSA) is 54.4 Å². The van der Waals surface area contributed by atoms with Gasteiger partial charge in [-0.05, 0) is 69.3 Å². The third-order valence-corrected chi connectivity index (χ3v) is 7.23. The van der Waals surface area contributed by atoms with Gasteiger partial charge in [-0.25, -0.2) is 0 Å². The number of hydrogen-bond donors (Lipinski definition) is 2. The van der Waals surface area contributed by atoms with Gasteiger partial charge in [0.05, 0.1) is 5.75 Å². The normalized spacial score (nSPS) is 35.9. The first kappa shape index (κ1) is 21.4. The molecule has 0 heterocycles. The Morgan fingerprint density at radius 2 is 2.12 bits per heavy atom. The van der Waals surface area contributed by atoms with Gasteiger partial charge in [0.25, 0.3) is 0 Å². The molecule has 2 aliphatic rings. The highest BCUT2D eigenvalue weighted by atomic mass is 32.1. The first-order valence-corrected chi connectivity index (χ1v) is 10.7. The van der Waals surface area contributed by atoms with Gasteiger partial charge in [0.15, 0.2) is 5.78 Å². The SMILES string of the molecule is C/C=C\C1(C)/C(=C\C=O)CCC2CC([C@](O)(CCC)C(=O)CS)CCC21. The van der Waals surface area contributed by atoms with Crippen molar-refractivity contribution >= 4 is 24.7 Å². The zero-order valence-electron chi connectivity index (χ0n) is 16.4. The highest BCUT2D eigenvalue weighted by Crippen LogP contribution is 2.56. The van der Waals surface area contributed by atoms with E-state index in [1.165, 1.54) is 5.57 Å². The van der Waals surface area contributed by atoms with E-state index in [0.29, 0.717) is 18.3 Å². The number of Topliss-reactive ketones (excluding diaryl/α,β-unsaturated/α-hetero) is 1. The average Bonchev–Trinajstić information content (AvgIpc) is 2.63. The zero-order valence-corrected chi connectivity index (χ0v) is 17.3. The lowest BCUT2D eigenvalue weighted by Crippen LogP contribution is -2.51. The summed E-state index contributed by atoms with van der Waals surface area (Å²) in [6.07, 6.45) is 13.0. The Kier molecular flexibility index (Phi) is 7.32. The molecule has 26 heavy (non-hydrogen) atoms. The predicted octanol–water partition coefficient (Wildman–Crippen LogP) is 4.55. The van der Waals surface area contributed by atoms with Crippen molar-refractivity contribution in [1.82, 2.24) is 0 Å². The van der Waals surface area contributed by atoms with Gasteiger partial charge in [0.2, 0.25) is 0 Å². The Morgan fingerprint density at radius 3 is 2.69 bits per heavy atom. The Labute approximate surface area is 163 Å². The molecular formula is C22H34O3S. The van der Waals surface area contributed by atoms with Crippen LogP contribution in [0.25, 0.3) is 0 Å². The van der Waals surface area contributed by atoms with E-state index in [-0.39, 0.29) is 22.9 Å². The number of ketones is 1. The van der Waals surface area contributed by atoms with E-state index in [1.54, 1.807) is 6.08 Å². The van der Waals surface area contributed by atoms with Gasteiger partial charge in [-0.15, -0.1) is 0 Å². The fourth-order valence-electron chi connectivity index (χ4n) is 5.67. The fourth-order valence-corrected chi connectivity index (χ4v) is 5.94. The monoisotopic (exact) mass is 378 g/mol. The van der Waals surface area contributed by atoms with Crippen LogP contribution >= 0.6 is 12.6 Å². The maximum atomic E-state index is 12.5. The minimum atomic E-state index is -1.22. The van der Waals surface area contributed by atoms with E-state index in [4.69, 9.17) is 0 Å². The summed E-state index contributed by atoms with van der Waals surface area (Å²) in [4.78, 5) is 23.6. The molecule has 2 rings (SSSR count). The second-order valence-electron chi connectivity index (χ2n) is 8.28. The second-order valence-corrected chi connectivity index (χ2v) is 8.60. The smallest absolute Gasteiger partial charge is 0.174 e. The summed E-state index contributed by atoms with van der Waals surface area (Å²) in [5.74, 6) is 0.945. The highest BCUT2D eigenvalue weighted by molar-refractivity contribution is 7.81. The highest BCUT2D eigenvalue weighted by Gasteiger charge is 2.51. The quantitative estimate of drug-likeness (QED) is 0.296. The van der Waals surface area contributed by atoms with Crippen molar-refractivity contribution in [3.8, 4) is 0 Å². The van der Waals surface area contributed by atoms with E-state index in [1.807, 2.05) is 13.8 Å². The maximum absolute atomic E-state index is 12.5. The van der Waals surface area contributed by atoms with Gasteiger partial charge in [-0.2, -0.15) is 12.6 Å². The minimum absolute atomic E-state index is 0.0230. The van der Waals surface area contributed by atoms with Crippen molar-refractivity contribution in [2.45, 2.75) is 71.3 Å². The summed E-state index contributed by atoms with van der Waals surface area (Å²) >= 11 is 4.15. The van der Waals surface area contributed by atoms with Crippen molar-refractivity contribution in [2.75, 3.05) is 5.75 Å². The average molecular weight is 379 g/mol. The van der Waals surface area contributed by atoms with Crippen molar-refractivity contribution in [1.29, 1.82) is 0 Å². The molecule has 0 aromatic carbocycles. The number of carbonyl (C=O) groups excluding carboxylic acids is 2. The van der Waals surface area contributed by atoms with Crippen LogP contribution in [0.1, 0.15) is 65.7 Å². The molecule has 4 heteroatoms. The molecule has 0 saturated heterocycles. The van der Waals surface area contributed by atoms with Crippen LogP contribution in [0.5, 0.6) is 0 Å². The third-order valence-electron chi connectivity index (χ3n) is 6.94. The van der Waals surface area contributed by atoms with Gasteiger partial charge in [-0.1, -0.05) is 38.0 Å². The molecule has 0 bridgehead atoms. The van der Waals surface area contributed by atoms with E-state index in [2.05, 4.69) is 31.7 Å². The Morgan fingerprint density at radius 1 is 1.38 bits per heavy atom. The summed E-state index contributed by atoms with van der Waals surface area (Å²) in [6, 6.07) is 0. The fraction of sp³-hybridized carbons (Fsp3) is 0.727. The van der Waals surface area contributed by atoms with Crippen LogP contribution in [0.2, 0.25) is 0 Å². The van der Waals surface area contributed by atoms with Gasteiger partial charge in [-0.3, -0.25) is 9.59 Å². The van der Waals surface area contributed by atoms with Crippen LogP contribution < -0.4 is 0 Å². The molecule has 0 aliphatic heterocycles. The van der Waals surface area contributed by atoms with Gasteiger partial charge >= 0.3 is 0 Å². The lowest BCUT2D eigenvalue weighted by atomic mass is 9.53. The Balaban J connectivity index is 2.28. The summed E-state index contributed by atoms with van der Waals surface area (Å²) < 4.78 is 0. The van der Waals surface area contributed by atoms with E-state index < -0.39 is 5.60 Å². The maximum Gasteiger partial charge on any atom is 0.174 e. The molecule has 4 unspecified atom stereocenters. The number of rotatable bonds is 7. The molecule has 3 nitrogen and oxygen atoms in total. The molecular weight excluding hydrogens is 344 g/mol. The van der Waals surface area contributed by atoms with Crippen LogP contribution in [0.15, 0.2) is 23.8 Å². The molecule has 0 aromatic rings. The van der Waals surface area contributed by atoms with Crippen molar-refractivity contribution in [3.05, 3.63) is 23.8 Å². The lowest BCUT2D eigenvalue weighted by Gasteiger charge is -2.52. The largest absolute Gasteiger partial charge is 0.382 e. The molecule has 0 spiro atoms. The first-order valence-electron chi connectivity index (χ1n) is 10.0. The lowest BCUT2D eigenvalue weighted by molar-refractivity contribution is -0.146. The first-order chi connectivity index (χ1) is 12.4. The number of thiol groups is 1. The summed E-state index contributed by atoms with van der Waals surface area (Å²) in [5.41, 5.74) is -0.0993. The van der Waals surface area contributed by atoms with Gasteiger partial charge in [0.1, 0.15) is 11.9 Å². The summed E-state index contributed by atoms with van der Waals surface area (Å²) in [6.45, 7) is 6.30. The molecule has 2 fully saturated rings. The van der Waals surface area contributed by atoms with Gasteiger partial charge < -0.3 is 5.11 Å². The van der Waals surface area contributed by atoms with E-state index in [9.17, 15) is 14.7 Å². The number of aliphatic hydroxyl groups is 1. The molecule has 0 radical (unpaired) electrons.